The van der Waals surface area contributed by atoms with Crippen LogP contribution in [0.4, 0.5) is 0 Å². The van der Waals surface area contributed by atoms with Gasteiger partial charge in [0.2, 0.25) is 0 Å². The van der Waals surface area contributed by atoms with Gasteiger partial charge >= 0.3 is 0 Å². The van der Waals surface area contributed by atoms with Gasteiger partial charge in [0.15, 0.2) is 0 Å². The van der Waals surface area contributed by atoms with Gasteiger partial charge in [0, 0.05) is 10.8 Å². The molecule has 0 unspecified atom stereocenters. The van der Waals surface area contributed by atoms with E-state index in [1.165, 1.54) is 6.42 Å². The van der Waals surface area contributed by atoms with Crippen molar-refractivity contribution in [3.8, 4) is 0 Å². The Morgan fingerprint density at radius 3 is 2.00 bits per heavy atom. The smallest absolute Gasteiger partial charge is 0.0622 e. The second-order valence-electron chi connectivity index (χ2n) is 14.8. The van der Waals surface area contributed by atoms with E-state index in [-0.39, 0.29) is 35.4 Å². The van der Waals surface area contributed by atoms with Crippen LogP contribution in [-0.4, -0.2) is 45.8 Å². The largest absolute Gasteiger partial charge is 0.396 e. The fourth-order valence-corrected chi connectivity index (χ4v) is 11.2. The van der Waals surface area contributed by atoms with Crippen LogP contribution in [0.2, 0.25) is 0 Å². The van der Waals surface area contributed by atoms with Gasteiger partial charge in [-0.05, 0) is 97.7 Å². The zero-order chi connectivity index (χ0) is 25.6. The number of aliphatic hydroxyl groups is 4. The third kappa shape index (κ3) is 3.31. The highest BCUT2D eigenvalue weighted by molar-refractivity contribution is 5.38. The van der Waals surface area contributed by atoms with Gasteiger partial charge in [-0.3, -0.25) is 0 Å². The molecule has 198 valence electrons. The maximum absolute atomic E-state index is 11.0. The molecule has 4 fully saturated rings. The third-order valence-corrected chi connectivity index (χ3v) is 13.0. The van der Waals surface area contributed by atoms with Crippen molar-refractivity contribution in [2.75, 3.05) is 13.2 Å². The zero-order valence-corrected chi connectivity index (χ0v) is 22.8. The first-order chi connectivity index (χ1) is 16.3. The predicted octanol–water partition coefficient (Wildman–Crippen LogP) is 5.25. The maximum Gasteiger partial charge on any atom is 0.0622 e. The molecule has 5 rings (SSSR count). The summed E-state index contributed by atoms with van der Waals surface area (Å²) >= 11 is 0. The van der Waals surface area contributed by atoms with Crippen LogP contribution in [0.5, 0.6) is 0 Å². The first kappa shape index (κ1) is 25.9. The molecular formula is C31H50O4. The highest BCUT2D eigenvalue weighted by atomic mass is 16.3. The van der Waals surface area contributed by atoms with Gasteiger partial charge in [-0.1, -0.05) is 58.4 Å². The average molecular weight is 487 g/mol. The molecule has 0 radical (unpaired) electrons. The fourth-order valence-electron chi connectivity index (χ4n) is 11.2. The molecule has 0 heterocycles. The third-order valence-electron chi connectivity index (χ3n) is 13.0. The van der Waals surface area contributed by atoms with Crippen molar-refractivity contribution < 1.29 is 20.4 Å². The standard InChI is InChI=1S/C31H50O4/c1-19-15-20-16-27(2)12-9-23-29(4,14-11-24(34)30(23,5)17-32)22(27)8-7-21(20)28(3)13-10-25(35)31(6,18-33)26(19)28/h15,21-26,32-35H,1,7-14,16-18H2,2-6H3/t21-,22-,23+,24+,25+,26+,27-,28+,29+,30+,31-/m0/s1. The number of hydrogen-bond acceptors (Lipinski definition) is 4. The van der Waals surface area contributed by atoms with Gasteiger partial charge in [-0.15, -0.1) is 0 Å². The Labute approximate surface area is 212 Å². The van der Waals surface area contributed by atoms with Gasteiger partial charge < -0.3 is 20.4 Å². The molecule has 5 aliphatic rings. The van der Waals surface area contributed by atoms with Crippen molar-refractivity contribution in [3.63, 3.8) is 0 Å². The highest BCUT2D eigenvalue weighted by Gasteiger charge is 2.64. The van der Waals surface area contributed by atoms with Crippen LogP contribution >= 0.6 is 0 Å². The first-order valence-electron chi connectivity index (χ1n) is 14.3. The molecule has 0 aromatic carbocycles. The summed E-state index contributed by atoms with van der Waals surface area (Å²) in [5.74, 6) is 1.46. The van der Waals surface area contributed by atoms with Crippen LogP contribution in [0.15, 0.2) is 23.8 Å². The lowest BCUT2D eigenvalue weighted by atomic mass is 9.42. The van der Waals surface area contributed by atoms with Crippen molar-refractivity contribution in [2.45, 2.75) is 105 Å². The summed E-state index contributed by atoms with van der Waals surface area (Å²) < 4.78 is 0. The Morgan fingerprint density at radius 2 is 1.37 bits per heavy atom. The monoisotopic (exact) mass is 486 g/mol. The van der Waals surface area contributed by atoms with E-state index in [1.54, 1.807) is 5.57 Å². The van der Waals surface area contributed by atoms with Crippen molar-refractivity contribution in [1.82, 2.24) is 0 Å². The SMILES string of the molecule is C=C1C=C2C[C@]3(C)CC[C@@H]4[C@](C)(CC[C@@H](O)[C@]4(C)CO)[C@H]3CC[C@@H]2[C@@]2(C)CC[C@@H](O)[C@](C)(CO)[C@H]12. The molecule has 0 spiro atoms. The van der Waals surface area contributed by atoms with E-state index < -0.39 is 23.0 Å². The van der Waals surface area contributed by atoms with Gasteiger partial charge in [0.25, 0.3) is 0 Å². The first-order valence-corrected chi connectivity index (χ1v) is 14.3. The van der Waals surface area contributed by atoms with Gasteiger partial charge in [0.1, 0.15) is 0 Å². The van der Waals surface area contributed by atoms with Crippen molar-refractivity contribution in [3.05, 3.63) is 23.8 Å². The molecule has 0 saturated heterocycles. The molecule has 5 aliphatic carbocycles. The quantitative estimate of drug-likeness (QED) is 0.430. The lowest BCUT2D eigenvalue weighted by molar-refractivity contribution is -0.189. The summed E-state index contributed by atoms with van der Waals surface area (Å²) in [5.41, 5.74) is 2.03. The molecule has 4 N–H and O–H groups in total. The summed E-state index contributed by atoms with van der Waals surface area (Å²) in [7, 11) is 0. The van der Waals surface area contributed by atoms with Crippen molar-refractivity contribution >= 4 is 0 Å². The summed E-state index contributed by atoms with van der Waals surface area (Å²) in [5, 5.41) is 42.8. The van der Waals surface area contributed by atoms with Gasteiger partial charge in [-0.25, -0.2) is 0 Å². The minimum atomic E-state index is -0.547. The summed E-state index contributed by atoms with van der Waals surface area (Å²) in [6, 6.07) is 0. The lowest BCUT2D eigenvalue weighted by Crippen LogP contribution is -2.60. The van der Waals surface area contributed by atoms with Crippen molar-refractivity contribution in [2.24, 2.45) is 50.7 Å². The van der Waals surface area contributed by atoms with Crippen LogP contribution < -0.4 is 0 Å². The molecule has 4 saturated carbocycles. The normalized spacial score (nSPS) is 56.1. The molecule has 4 nitrogen and oxygen atoms in total. The molecule has 35 heavy (non-hydrogen) atoms. The van der Waals surface area contributed by atoms with E-state index >= 15 is 0 Å². The molecule has 0 amide bonds. The molecule has 0 aliphatic heterocycles. The van der Waals surface area contributed by atoms with Crippen LogP contribution in [-0.2, 0) is 0 Å². The molecule has 0 bridgehead atoms. The zero-order valence-electron chi connectivity index (χ0n) is 22.8. The number of allylic oxidation sites excluding steroid dienone is 3. The Bertz CT molecular complexity index is 912. The lowest BCUT2D eigenvalue weighted by Gasteiger charge is -2.64. The molecule has 0 aromatic rings. The highest BCUT2D eigenvalue weighted by Crippen LogP contribution is 2.70. The number of aliphatic hydroxyl groups excluding tert-OH is 4. The topological polar surface area (TPSA) is 80.9 Å². The molecule has 11 atom stereocenters. The molecule has 0 aromatic heterocycles. The maximum atomic E-state index is 11.0. The van der Waals surface area contributed by atoms with Crippen LogP contribution in [0, 0.1) is 50.7 Å². The Hall–Kier alpha value is -0.680. The number of hydrogen-bond donors (Lipinski definition) is 4. The Morgan fingerprint density at radius 1 is 0.771 bits per heavy atom. The Balaban J connectivity index is 1.54. The van der Waals surface area contributed by atoms with E-state index in [9.17, 15) is 20.4 Å². The minimum absolute atomic E-state index is 0.00437. The molecule has 4 heteroatoms. The van der Waals surface area contributed by atoms with Gasteiger partial charge in [0.05, 0.1) is 25.4 Å². The summed E-state index contributed by atoms with van der Waals surface area (Å²) in [4.78, 5) is 0. The van der Waals surface area contributed by atoms with E-state index in [0.717, 1.165) is 56.9 Å². The number of rotatable bonds is 2. The fraction of sp³-hybridized carbons (Fsp3) is 0.871. The van der Waals surface area contributed by atoms with E-state index in [0.29, 0.717) is 17.8 Å². The van der Waals surface area contributed by atoms with E-state index in [4.69, 9.17) is 0 Å². The predicted molar refractivity (Wildman–Crippen MR) is 139 cm³/mol. The number of fused-ring (bicyclic) bond motifs is 6. The van der Waals surface area contributed by atoms with Gasteiger partial charge in [-0.2, -0.15) is 0 Å². The summed E-state index contributed by atoms with van der Waals surface area (Å²) in [6.45, 7) is 16.2. The van der Waals surface area contributed by atoms with Crippen LogP contribution in [0.3, 0.4) is 0 Å². The second-order valence-corrected chi connectivity index (χ2v) is 14.8. The Kier molecular flexibility index (Phi) is 6.05. The van der Waals surface area contributed by atoms with Crippen molar-refractivity contribution in [1.29, 1.82) is 0 Å². The summed E-state index contributed by atoms with van der Waals surface area (Å²) in [6.07, 6.45) is 10.6. The van der Waals surface area contributed by atoms with Crippen LogP contribution in [0.25, 0.3) is 0 Å². The van der Waals surface area contributed by atoms with E-state index in [2.05, 4.69) is 47.3 Å². The minimum Gasteiger partial charge on any atom is -0.396 e. The van der Waals surface area contributed by atoms with Crippen LogP contribution in [0.1, 0.15) is 92.4 Å². The molecular weight excluding hydrogens is 436 g/mol. The van der Waals surface area contributed by atoms with E-state index in [1.807, 2.05) is 0 Å². The second kappa shape index (κ2) is 8.16. The average Bonchev–Trinajstić information content (AvgIpc) is 2.96.